The topological polar surface area (TPSA) is 106 Å². The van der Waals surface area contributed by atoms with Crippen LogP contribution in [0.2, 0.25) is 5.02 Å². The average molecular weight is 483 g/mol. The number of aryl methyl sites for hydroxylation is 1. The van der Waals surface area contributed by atoms with Crippen molar-refractivity contribution in [2.45, 2.75) is 25.3 Å². The molecule has 1 atom stereocenters. The minimum absolute atomic E-state index is 0.0150. The molecule has 10 heteroatoms. The van der Waals surface area contributed by atoms with Crippen LogP contribution in [0, 0.1) is 0 Å². The number of halogens is 1. The second kappa shape index (κ2) is 8.74. The van der Waals surface area contributed by atoms with Crippen molar-refractivity contribution in [1.29, 1.82) is 0 Å². The fourth-order valence-electron chi connectivity index (χ4n) is 4.07. The zero-order chi connectivity index (χ0) is 23.1. The summed E-state index contributed by atoms with van der Waals surface area (Å²) in [5.41, 5.74) is 8.87. The van der Waals surface area contributed by atoms with Crippen LogP contribution in [-0.2, 0) is 11.8 Å². The third-order valence-electron chi connectivity index (χ3n) is 5.92. The van der Waals surface area contributed by atoms with Gasteiger partial charge in [-0.05, 0) is 42.8 Å². The van der Waals surface area contributed by atoms with Gasteiger partial charge < -0.3 is 20.5 Å². The normalized spacial score (nSPS) is 16.1. The van der Waals surface area contributed by atoms with E-state index in [0.717, 1.165) is 22.2 Å². The third-order valence-corrected chi connectivity index (χ3v) is 7.08. The number of benzene rings is 2. The summed E-state index contributed by atoms with van der Waals surface area (Å²) in [5.74, 6) is 0.538. The largest absolute Gasteiger partial charge is 0.341 e. The van der Waals surface area contributed by atoms with Crippen molar-refractivity contribution in [3.8, 4) is 0 Å². The number of amides is 1. The number of hydrogen-bond donors (Lipinski definition) is 2. The van der Waals surface area contributed by atoms with E-state index in [-0.39, 0.29) is 30.6 Å². The van der Waals surface area contributed by atoms with Gasteiger partial charge in [-0.1, -0.05) is 22.9 Å². The van der Waals surface area contributed by atoms with E-state index in [0.29, 0.717) is 40.3 Å². The molecule has 1 fully saturated rings. The zero-order valence-corrected chi connectivity index (χ0v) is 19.6. The Morgan fingerprint density at radius 3 is 2.82 bits per heavy atom. The zero-order valence-electron chi connectivity index (χ0n) is 18.0. The lowest BCUT2D eigenvalue weighted by molar-refractivity contribution is -0.130. The van der Waals surface area contributed by atoms with Crippen molar-refractivity contribution >= 4 is 67.0 Å². The fraction of sp³-hybridized carbons (Fsp3) is 0.304. The summed E-state index contributed by atoms with van der Waals surface area (Å²) in [4.78, 5) is 36.0. The quantitative estimate of drug-likeness (QED) is 0.401. The predicted octanol–water partition coefficient (Wildman–Crippen LogP) is 4.10. The summed E-state index contributed by atoms with van der Waals surface area (Å²) in [6.07, 6.45) is 1.18. The number of imidazole rings is 1. The summed E-state index contributed by atoms with van der Waals surface area (Å²) >= 11 is 7.57. The van der Waals surface area contributed by atoms with Crippen LogP contribution in [0.15, 0.2) is 36.4 Å². The minimum Gasteiger partial charge on any atom is -0.341 e. The number of Topliss-reactive ketones (excluding diaryl/α,β-unsaturated/α-hetero) is 1. The SMILES string of the molecule is Cn1c(Nc2nc3ccc(Cl)cc3s2)nc2cc(C(=O)CCC(=O)N3CC[C@H](N)C3)ccc21. The van der Waals surface area contributed by atoms with Gasteiger partial charge >= 0.3 is 0 Å². The van der Waals surface area contributed by atoms with Gasteiger partial charge in [0.1, 0.15) is 0 Å². The fourth-order valence-corrected chi connectivity index (χ4v) is 5.20. The Morgan fingerprint density at radius 2 is 2.03 bits per heavy atom. The average Bonchev–Trinajstić information content (AvgIpc) is 3.48. The van der Waals surface area contributed by atoms with Crippen LogP contribution < -0.4 is 11.1 Å². The maximum Gasteiger partial charge on any atom is 0.223 e. The number of nitrogens with one attached hydrogen (secondary N) is 1. The van der Waals surface area contributed by atoms with Gasteiger partial charge in [0, 0.05) is 49.6 Å². The molecule has 3 N–H and O–H groups in total. The van der Waals surface area contributed by atoms with Crippen LogP contribution in [-0.4, -0.2) is 50.3 Å². The van der Waals surface area contributed by atoms with Crippen molar-refractivity contribution in [1.82, 2.24) is 19.4 Å². The summed E-state index contributed by atoms with van der Waals surface area (Å²) in [5, 5.41) is 4.65. The highest BCUT2D eigenvalue weighted by atomic mass is 35.5. The molecule has 170 valence electrons. The van der Waals surface area contributed by atoms with Crippen LogP contribution in [0.3, 0.4) is 0 Å². The third kappa shape index (κ3) is 4.44. The maximum atomic E-state index is 12.7. The number of nitrogens with zero attached hydrogens (tertiary/aromatic N) is 4. The van der Waals surface area contributed by atoms with E-state index < -0.39 is 0 Å². The van der Waals surface area contributed by atoms with E-state index >= 15 is 0 Å². The first-order chi connectivity index (χ1) is 15.9. The smallest absolute Gasteiger partial charge is 0.223 e. The molecule has 0 saturated carbocycles. The van der Waals surface area contributed by atoms with Gasteiger partial charge in [-0.25, -0.2) is 9.97 Å². The number of anilines is 2. The molecule has 3 heterocycles. The van der Waals surface area contributed by atoms with Crippen molar-refractivity contribution in [3.63, 3.8) is 0 Å². The summed E-state index contributed by atoms with van der Waals surface area (Å²) in [7, 11) is 1.91. The summed E-state index contributed by atoms with van der Waals surface area (Å²) < 4.78 is 2.91. The molecule has 1 aliphatic rings. The number of carbonyl (C=O) groups excluding carboxylic acids is 2. The molecule has 5 rings (SSSR count). The van der Waals surface area contributed by atoms with E-state index in [1.54, 1.807) is 17.0 Å². The minimum atomic E-state index is -0.0723. The predicted molar refractivity (Wildman–Crippen MR) is 131 cm³/mol. The molecule has 1 amide bonds. The summed E-state index contributed by atoms with van der Waals surface area (Å²) in [6.45, 7) is 1.25. The molecule has 0 spiro atoms. The monoisotopic (exact) mass is 482 g/mol. The number of hydrogen-bond acceptors (Lipinski definition) is 7. The molecular formula is C23H23ClN6O2S. The Morgan fingerprint density at radius 1 is 1.18 bits per heavy atom. The molecule has 8 nitrogen and oxygen atoms in total. The van der Waals surface area contributed by atoms with Crippen molar-refractivity contribution in [2.75, 3.05) is 18.4 Å². The molecule has 4 aromatic rings. The molecule has 1 aliphatic heterocycles. The van der Waals surface area contributed by atoms with Crippen molar-refractivity contribution in [3.05, 3.63) is 47.0 Å². The molecule has 0 aliphatic carbocycles. The lowest BCUT2D eigenvalue weighted by Crippen LogP contribution is -2.32. The number of likely N-dealkylation sites (tertiary alicyclic amines) is 1. The lowest BCUT2D eigenvalue weighted by Gasteiger charge is -2.15. The molecule has 0 bridgehead atoms. The molecular weight excluding hydrogens is 460 g/mol. The van der Waals surface area contributed by atoms with Crippen LogP contribution in [0.1, 0.15) is 29.6 Å². The first-order valence-corrected chi connectivity index (χ1v) is 11.9. The molecule has 2 aromatic heterocycles. The Balaban J connectivity index is 1.30. The number of carbonyl (C=O) groups is 2. The molecule has 1 saturated heterocycles. The highest BCUT2D eigenvalue weighted by Gasteiger charge is 2.24. The summed E-state index contributed by atoms with van der Waals surface area (Å²) in [6, 6.07) is 11.1. The van der Waals surface area contributed by atoms with Crippen LogP contribution >= 0.6 is 22.9 Å². The number of nitrogens with two attached hydrogens (primary N) is 1. The van der Waals surface area contributed by atoms with E-state index in [4.69, 9.17) is 17.3 Å². The maximum absolute atomic E-state index is 12.7. The Kier molecular flexibility index (Phi) is 5.77. The van der Waals surface area contributed by atoms with Gasteiger partial charge in [0.15, 0.2) is 10.9 Å². The van der Waals surface area contributed by atoms with Gasteiger partial charge in [0.2, 0.25) is 11.9 Å². The van der Waals surface area contributed by atoms with Crippen LogP contribution in [0.25, 0.3) is 21.3 Å². The van der Waals surface area contributed by atoms with Gasteiger partial charge in [-0.2, -0.15) is 0 Å². The number of rotatable bonds is 6. The van der Waals surface area contributed by atoms with Crippen LogP contribution in [0.5, 0.6) is 0 Å². The second-order valence-electron chi connectivity index (χ2n) is 8.27. The van der Waals surface area contributed by atoms with Crippen LogP contribution in [0.4, 0.5) is 11.1 Å². The molecule has 2 aromatic carbocycles. The van der Waals surface area contributed by atoms with Gasteiger partial charge in [0.05, 0.1) is 21.3 Å². The first kappa shape index (κ1) is 21.8. The number of thiazole rings is 1. The molecule has 0 radical (unpaired) electrons. The number of aromatic nitrogens is 3. The van der Waals surface area contributed by atoms with E-state index in [1.165, 1.54) is 11.3 Å². The molecule has 33 heavy (non-hydrogen) atoms. The number of ketones is 1. The lowest BCUT2D eigenvalue weighted by atomic mass is 10.1. The van der Waals surface area contributed by atoms with Crippen molar-refractivity contribution in [2.24, 2.45) is 12.8 Å². The van der Waals surface area contributed by atoms with Gasteiger partial charge in [-0.15, -0.1) is 0 Å². The van der Waals surface area contributed by atoms with Gasteiger partial charge in [0.25, 0.3) is 0 Å². The second-order valence-corrected chi connectivity index (χ2v) is 9.73. The highest BCUT2D eigenvalue weighted by Crippen LogP contribution is 2.31. The van der Waals surface area contributed by atoms with E-state index in [9.17, 15) is 9.59 Å². The van der Waals surface area contributed by atoms with Crippen molar-refractivity contribution < 1.29 is 9.59 Å². The Bertz CT molecular complexity index is 1380. The first-order valence-electron chi connectivity index (χ1n) is 10.7. The van der Waals surface area contributed by atoms with Gasteiger partial charge in [-0.3, -0.25) is 9.59 Å². The highest BCUT2D eigenvalue weighted by molar-refractivity contribution is 7.22. The molecule has 0 unspecified atom stereocenters. The van der Waals surface area contributed by atoms with E-state index in [1.807, 2.05) is 35.9 Å². The Hall–Kier alpha value is -3.01. The Labute approximate surface area is 199 Å². The number of fused-ring (bicyclic) bond motifs is 2. The van der Waals surface area contributed by atoms with E-state index in [2.05, 4.69) is 15.3 Å². The standard InChI is InChI=1S/C23H23ClN6O2S/c1-29-18-5-2-13(19(31)6-7-21(32)30-9-8-15(25)12-30)10-17(18)26-22(29)28-23-27-16-4-3-14(24)11-20(16)33-23/h2-5,10-11,15H,6-9,12,25H2,1H3,(H,26,27,28)/t15-/m0/s1.